The summed E-state index contributed by atoms with van der Waals surface area (Å²) in [4.78, 5) is 0. The SMILES string of the molecule is N#Cc1ccc(C2CNc3ccccc3O2)cc1. The molecule has 18 heavy (non-hydrogen) atoms. The second-order valence-electron chi connectivity index (χ2n) is 4.22. The van der Waals surface area contributed by atoms with E-state index in [4.69, 9.17) is 10.00 Å². The molecule has 1 heterocycles. The summed E-state index contributed by atoms with van der Waals surface area (Å²) in [7, 11) is 0. The van der Waals surface area contributed by atoms with Crippen LogP contribution in [0.15, 0.2) is 48.5 Å². The van der Waals surface area contributed by atoms with Crippen molar-refractivity contribution in [3.63, 3.8) is 0 Å². The van der Waals surface area contributed by atoms with Gasteiger partial charge in [0, 0.05) is 0 Å². The van der Waals surface area contributed by atoms with E-state index in [1.54, 1.807) is 0 Å². The predicted octanol–water partition coefficient (Wildman–Crippen LogP) is 3.10. The van der Waals surface area contributed by atoms with Crippen molar-refractivity contribution in [1.29, 1.82) is 5.26 Å². The molecule has 1 atom stereocenters. The molecule has 0 bridgehead atoms. The molecule has 0 aromatic heterocycles. The Bertz CT molecular complexity index is 599. The first-order valence-corrected chi connectivity index (χ1v) is 5.86. The van der Waals surface area contributed by atoms with Crippen LogP contribution in [-0.2, 0) is 0 Å². The smallest absolute Gasteiger partial charge is 0.143 e. The van der Waals surface area contributed by atoms with Gasteiger partial charge in [0.1, 0.15) is 11.9 Å². The van der Waals surface area contributed by atoms with Crippen LogP contribution in [-0.4, -0.2) is 6.54 Å². The molecule has 0 fully saturated rings. The average Bonchev–Trinajstić information content (AvgIpc) is 2.47. The quantitative estimate of drug-likeness (QED) is 0.827. The van der Waals surface area contributed by atoms with Crippen LogP contribution in [0.2, 0.25) is 0 Å². The second kappa shape index (κ2) is 4.42. The van der Waals surface area contributed by atoms with E-state index in [-0.39, 0.29) is 6.10 Å². The summed E-state index contributed by atoms with van der Waals surface area (Å²) in [6, 6.07) is 17.5. The topological polar surface area (TPSA) is 45.0 Å². The van der Waals surface area contributed by atoms with Gasteiger partial charge in [-0.2, -0.15) is 5.26 Å². The van der Waals surface area contributed by atoms with E-state index in [9.17, 15) is 0 Å². The third-order valence-electron chi connectivity index (χ3n) is 3.05. The van der Waals surface area contributed by atoms with Crippen LogP contribution in [0.5, 0.6) is 5.75 Å². The van der Waals surface area contributed by atoms with E-state index in [1.165, 1.54) is 0 Å². The Balaban J connectivity index is 1.85. The largest absolute Gasteiger partial charge is 0.482 e. The zero-order valence-corrected chi connectivity index (χ0v) is 9.76. The highest BCUT2D eigenvalue weighted by molar-refractivity contribution is 5.58. The first-order chi connectivity index (χ1) is 8.86. The standard InChI is InChI=1S/C15H12N2O/c16-9-11-5-7-12(8-6-11)15-10-17-13-3-1-2-4-14(13)18-15/h1-8,15,17H,10H2. The van der Waals surface area contributed by atoms with E-state index < -0.39 is 0 Å². The summed E-state index contributed by atoms with van der Waals surface area (Å²) in [5.41, 5.74) is 2.78. The fourth-order valence-electron chi connectivity index (χ4n) is 2.07. The Morgan fingerprint density at radius 3 is 2.67 bits per heavy atom. The van der Waals surface area contributed by atoms with E-state index in [1.807, 2.05) is 48.5 Å². The lowest BCUT2D eigenvalue weighted by Gasteiger charge is -2.27. The molecule has 1 aliphatic heterocycles. The minimum atomic E-state index is -0.00681. The van der Waals surface area contributed by atoms with Gasteiger partial charge in [0.05, 0.1) is 23.9 Å². The highest BCUT2D eigenvalue weighted by atomic mass is 16.5. The number of fused-ring (bicyclic) bond motifs is 1. The first kappa shape index (κ1) is 10.7. The number of nitrogens with zero attached hydrogens (tertiary/aromatic N) is 1. The number of benzene rings is 2. The lowest BCUT2D eigenvalue weighted by molar-refractivity contribution is 0.210. The normalized spacial score (nSPS) is 16.9. The van der Waals surface area contributed by atoms with Crippen molar-refractivity contribution in [2.24, 2.45) is 0 Å². The Morgan fingerprint density at radius 1 is 1.11 bits per heavy atom. The maximum atomic E-state index is 8.78. The minimum absolute atomic E-state index is 0.00681. The van der Waals surface area contributed by atoms with E-state index in [0.717, 1.165) is 23.5 Å². The molecule has 2 aromatic carbocycles. The Morgan fingerprint density at radius 2 is 1.89 bits per heavy atom. The van der Waals surface area contributed by atoms with Gasteiger partial charge in [-0.05, 0) is 29.8 Å². The monoisotopic (exact) mass is 236 g/mol. The maximum absolute atomic E-state index is 8.78. The number of rotatable bonds is 1. The van der Waals surface area contributed by atoms with Gasteiger partial charge in [-0.1, -0.05) is 24.3 Å². The zero-order chi connectivity index (χ0) is 12.4. The Hall–Kier alpha value is -2.47. The minimum Gasteiger partial charge on any atom is -0.482 e. The molecule has 0 saturated carbocycles. The lowest BCUT2D eigenvalue weighted by Crippen LogP contribution is -2.23. The molecule has 88 valence electrons. The van der Waals surface area contributed by atoms with Crippen LogP contribution in [0.25, 0.3) is 0 Å². The molecule has 3 heteroatoms. The van der Waals surface area contributed by atoms with Crippen LogP contribution in [0.3, 0.4) is 0 Å². The van der Waals surface area contributed by atoms with Crippen LogP contribution < -0.4 is 10.1 Å². The fraction of sp³-hybridized carbons (Fsp3) is 0.133. The highest BCUT2D eigenvalue weighted by Crippen LogP contribution is 2.33. The van der Waals surface area contributed by atoms with Crippen LogP contribution in [0, 0.1) is 11.3 Å². The van der Waals surface area contributed by atoms with E-state index >= 15 is 0 Å². The Kier molecular flexibility index (Phi) is 2.62. The summed E-state index contributed by atoms with van der Waals surface area (Å²) < 4.78 is 5.95. The Labute approximate surface area is 106 Å². The first-order valence-electron chi connectivity index (χ1n) is 5.86. The maximum Gasteiger partial charge on any atom is 0.143 e. The summed E-state index contributed by atoms with van der Waals surface area (Å²) in [5.74, 6) is 0.873. The number of nitrogens with one attached hydrogen (secondary N) is 1. The molecule has 0 aliphatic carbocycles. The molecule has 1 N–H and O–H groups in total. The van der Waals surface area contributed by atoms with Crippen LogP contribution in [0.4, 0.5) is 5.69 Å². The van der Waals surface area contributed by atoms with Gasteiger partial charge < -0.3 is 10.1 Å². The number of hydrogen-bond donors (Lipinski definition) is 1. The molecular formula is C15H12N2O. The van der Waals surface area contributed by atoms with Crippen LogP contribution in [0.1, 0.15) is 17.2 Å². The molecule has 0 saturated heterocycles. The fourth-order valence-corrected chi connectivity index (χ4v) is 2.07. The van der Waals surface area contributed by atoms with Gasteiger partial charge in [0.2, 0.25) is 0 Å². The lowest BCUT2D eigenvalue weighted by atomic mass is 10.1. The van der Waals surface area contributed by atoms with Crippen molar-refractivity contribution in [2.45, 2.75) is 6.10 Å². The van der Waals surface area contributed by atoms with Crippen LogP contribution >= 0.6 is 0 Å². The summed E-state index contributed by atoms with van der Waals surface area (Å²) in [6.07, 6.45) is -0.00681. The third kappa shape index (κ3) is 1.89. The summed E-state index contributed by atoms with van der Waals surface area (Å²) in [5, 5.41) is 12.1. The molecule has 0 radical (unpaired) electrons. The molecule has 1 aliphatic rings. The number of hydrogen-bond acceptors (Lipinski definition) is 3. The molecule has 3 nitrogen and oxygen atoms in total. The predicted molar refractivity (Wildman–Crippen MR) is 69.5 cm³/mol. The van der Waals surface area contributed by atoms with Gasteiger partial charge in [0.15, 0.2) is 0 Å². The van der Waals surface area contributed by atoms with Crippen molar-refractivity contribution in [1.82, 2.24) is 0 Å². The van der Waals surface area contributed by atoms with Crippen molar-refractivity contribution >= 4 is 5.69 Å². The van der Waals surface area contributed by atoms with Crippen molar-refractivity contribution in [3.8, 4) is 11.8 Å². The number of nitriles is 1. The zero-order valence-electron chi connectivity index (χ0n) is 9.76. The molecule has 2 aromatic rings. The van der Waals surface area contributed by atoms with Crippen molar-refractivity contribution < 1.29 is 4.74 Å². The molecular weight excluding hydrogens is 224 g/mol. The third-order valence-corrected chi connectivity index (χ3v) is 3.05. The summed E-state index contributed by atoms with van der Waals surface area (Å²) >= 11 is 0. The molecule has 1 unspecified atom stereocenters. The van der Waals surface area contributed by atoms with Gasteiger partial charge in [-0.3, -0.25) is 0 Å². The van der Waals surface area contributed by atoms with Gasteiger partial charge in [-0.25, -0.2) is 0 Å². The molecule has 3 rings (SSSR count). The van der Waals surface area contributed by atoms with E-state index in [0.29, 0.717) is 5.56 Å². The van der Waals surface area contributed by atoms with Gasteiger partial charge >= 0.3 is 0 Å². The van der Waals surface area contributed by atoms with Crippen molar-refractivity contribution in [3.05, 3.63) is 59.7 Å². The molecule has 0 spiro atoms. The van der Waals surface area contributed by atoms with Crippen molar-refractivity contribution in [2.75, 3.05) is 11.9 Å². The number of ether oxygens (including phenoxy) is 1. The number of anilines is 1. The highest BCUT2D eigenvalue weighted by Gasteiger charge is 2.20. The second-order valence-corrected chi connectivity index (χ2v) is 4.22. The van der Waals surface area contributed by atoms with E-state index in [2.05, 4.69) is 11.4 Å². The van der Waals surface area contributed by atoms with Gasteiger partial charge in [-0.15, -0.1) is 0 Å². The average molecular weight is 236 g/mol. The summed E-state index contributed by atoms with van der Waals surface area (Å²) in [6.45, 7) is 0.739. The molecule has 0 amide bonds. The van der Waals surface area contributed by atoms with Gasteiger partial charge in [0.25, 0.3) is 0 Å². The number of para-hydroxylation sites is 2.